The van der Waals surface area contributed by atoms with Gasteiger partial charge in [0, 0.05) is 18.8 Å². The number of aromatic nitrogens is 2. The smallest absolute Gasteiger partial charge is 0.0560 e. The van der Waals surface area contributed by atoms with Crippen LogP contribution in [0.15, 0.2) is 12.3 Å². The molecule has 4 heteroatoms. The first-order valence-corrected chi connectivity index (χ1v) is 7.61. The third kappa shape index (κ3) is 3.00. The summed E-state index contributed by atoms with van der Waals surface area (Å²) in [5.41, 5.74) is 1.40. The quantitative estimate of drug-likeness (QED) is 0.856. The van der Waals surface area contributed by atoms with E-state index in [4.69, 9.17) is 0 Å². The van der Waals surface area contributed by atoms with E-state index in [0.717, 1.165) is 19.5 Å². The third-order valence-corrected chi connectivity index (χ3v) is 4.18. The predicted octanol–water partition coefficient (Wildman–Crippen LogP) is 2.28. The van der Waals surface area contributed by atoms with Crippen LogP contribution < -0.4 is 5.32 Å². The minimum absolute atomic E-state index is 0.515. The van der Waals surface area contributed by atoms with Crippen LogP contribution in [0.4, 0.5) is 0 Å². The Kier molecular flexibility index (Phi) is 4.99. The molecule has 0 bridgehead atoms. The van der Waals surface area contributed by atoms with Gasteiger partial charge < -0.3 is 5.32 Å². The Morgan fingerprint density at radius 1 is 1.47 bits per heavy atom. The molecule has 2 atom stereocenters. The minimum atomic E-state index is 0.515. The van der Waals surface area contributed by atoms with Gasteiger partial charge in [-0.25, -0.2) is 0 Å². The first-order valence-electron chi connectivity index (χ1n) is 7.61. The van der Waals surface area contributed by atoms with Gasteiger partial charge in [0.15, 0.2) is 0 Å². The Morgan fingerprint density at radius 2 is 2.26 bits per heavy atom. The van der Waals surface area contributed by atoms with Crippen LogP contribution in [-0.4, -0.2) is 40.9 Å². The fourth-order valence-corrected chi connectivity index (χ4v) is 3.34. The number of likely N-dealkylation sites (tertiary alicyclic amines) is 1. The lowest BCUT2D eigenvalue weighted by molar-refractivity contribution is 0.173. The zero-order valence-corrected chi connectivity index (χ0v) is 12.8. The van der Waals surface area contributed by atoms with Gasteiger partial charge in [0.25, 0.3) is 0 Å². The predicted molar refractivity (Wildman–Crippen MR) is 79.1 cm³/mol. The molecule has 19 heavy (non-hydrogen) atoms. The van der Waals surface area contributed by atoms with Crippen LogP contribution in [0.3, 0.4) is 0 Å². The number of nitrogens with one attached hydrogen (secondary N) is 1. The minimum Gasteiger partial charge on any atom is -0.319 e. The molecule has 4 nitrogen and oxygen atoms in total. The second-order valence-electron chi connectivity index (χ2n) is 5.86. The van der Waals surface area contributed by atoms with Crippen molar-refractivity contribution in [2.45, 2.75) is 52.2 Å². The first-order chi connectivity index (χ1) is 9.19. The molecule has 2 unspecified atom stereocenters. The molecule has 1 aliphatic rings. The summed E-state index contributed by atoms with van der Waals surface area (Å²) in [5.74, 6) is 0.694. The molecule has 0 saturated carbocycles. The zero-order chi connectivity index (χ0) is 13.8. The van der Waals surface area contributed by atoms with Gasteiger partial charge >= 0.3 is 0 Å². The van der Waals surface area contributed by atoms with E-state index >= 15 is 0 Å². The molecule has 1 saturated heterocycles. The molecule has 2 heterocycles. The molecule has 1 aromatic heterocycles. The molecular formula is C15H28N4. The van der Waals surface area contributed by atoms with E-state index in [1.807, 2.05) is 6.20 Å². The van der Waals surface area contributed by atoms with Crippen molar-refractivity contribution in [3.05, 3.63) is 18.0 Å². The second-order valence-corrected chi connectivity index (χ2v) is 5.86. The van der Waals surface area contributed by atoms with E-state index < -0.39 is 0 Å². The molecule has 0 aliphatic carbocycles. The van der Waals surface area contributed by atoms with Crippen LogP contribution in [0.25, 0.3) is 0 Å². The van der Waals surface area contributed by atoms with Crippen molar-refractivity contribution in [1.29, 1.82) is 0 Å². The lowest BCUT2D eigenvalue weighted by atomic mass is 9.97. The summed E-state index contributed by atoms with van der Waals surface area (Å²) in [7, 11) is 2.05. The fourth-order valence-electron chi connectivity index (χ4n) is 3.34. The number of rotatable bonds is 6. The number of nitrogens with zero attached hydrogens (tertiary/aromatic N) is 3. The van der Waals surface area contributed by atoms with Crippen molar-refractivity contribution in [3.8, 4) is 0 Å². The summed E-state index contributed by atoms with van der Waals surface area (Å²) < 4.78 is 2.20. The zero-order valence-electron chi connectivity index (χ0n) is 12.8. The Morgan fingerprint density at radius 3 is 2.89 bits per heavy atom. The second kappa shape index (κ2) is 6.53. The van der Waals surface area contributed by atoms with Gasteiger partial charge in [-0.1, -0.05) is 6.92 Å². The highest BCUT2D eigenvalue weighted by Crippen LogP contribution is 2.38. The number of aryl methyl sites for hydroxylation is 1. The molecule has 1 aliphatic heterocycles. The van der Waals surface area contributed by atoms with Crippen molar-refractivity contribution < 1.29 is 0 Å². The molecule has 1 aromatic rings. The topological polar surface area (TPSA) is 33.1 Å². The van der Waals surface area contributed by atoms with Crippen molar-refractivity contribution >= 4 is 0 Å². The highest BCUT2D eigenvalue weighted by atomic mass is 15.3. The Balaban J connectivity index is 2.26. The molecule has 0 amide bonds. The highest BCUT2D eigenvalue weighted by Gasteiger charge is 2.37. The van der Waals surface area contributed by atoms with Gasteiger partial charge in [0.2, 0.25) is 0 Å². The summed E-state index contributed by atoms with van der Waals surface area (Å²) in [6.45, 7) is 10.1. The van der Waals surface area contributed by atoms with E-state index in [2.05, 4.69) is 53.9 Å². The maximum atomic E-state index is 4.51. The first kappa shape index (κ1) is 14.5. The molecular weight excluding hydrogens is 236 g/mol. The molecule has 0 spiro atoms. The normalized spacial score (nSPS) is 24.5. The maximum absolute atomic E-state index is 4.51. The van der Waals surface area contributed by atoms with Crippen LogP contribution in [0.2, 0.25) is 0 Å². The van der Waals surface area contributed by atoms with Gasteiger partial charge in [-0.2, -0.15) is 5.10 Å². The summed E-state index contributed by atoms with van der Waals surface area (Å²) in [6.07, 6.45) is 4.37. The highest BCUT2D eigenvalue weighted by molar-refractivity contribution is 5.12. The fraction of sp³-hybridized carbons (Fsp3) is 0.800. The number of hydrogen-bond donors (Lipinski definition) is 1. The molecule has 1 N–H and O–H groups in total. The van der Waals surface area contributed by atoms with Crippen molar-refractivity contribution in [2.24, 2.45) is 5.92 Å². The lowest BCUT2D eigenvalue weighted by Gasteiger charge is -2.31. The van der Waals surface area contributed by atoms with Gasteiger partial charge in [-0.15, -0.1) is 0 Å². The van der Waals surface area contributed by atoms with Gasteiger partial charge in [0.1, 0.15) is 0 Å². The standard InChI is InChI=1S/C15H28N4/c1-5-9-19-14(6-8-17-19)15-13(11-16-4)7-10-18(15)12(2)3/h6,8,12-13,15-16H,5,7,9-11H2,1-4H3. The summed E-state index contributed by atoms with van der Waals surface area (Å²) >= 11 is 0. The Labute approximate surface area is 117 Å². The molecule has 1 fully saturated rings. The summed E-state index contributed by atoms with van der Waals surface area (Å²) in [5, 5.41) is 7.86. The van der Waals surface area contributed by atoms with Gasteiger partial charge in [-0.3, -0.25) is 9.58 Å². The monoisotopic (exact) mass is 264 g/mol. The van der Waals surface area contributed by atoms with Crippen LogP contribution in [0, 0.1) is 5.92 Å². The average molecular weight is 264 g/mol. The Bertz CT molecular complexity index is 385. The van der Waals surface area contributed by atoms with E-state index in [1.54, 1.807) is 0 Å². The molecule has 108 valence electrons. The van der Waals surface area contributed by atoms with Gasteiger partial charge in [-0.05, 0) is 58.8 Å². The maximum Gasteiger partial charge on any atom is 0.0560 e. The van der Waals surface area contributed by atoms with E-state index in [-0.39, 0.29) is 0 Å². The van der Waals surface area contributed by atoms with Crippen LogP contribution >= 0.6 is 0 Å². The van der Waals surface area contributed by atoms with Crippen molar-refractivity contribution in [1.82, 2.24) is 20.0 Å². The Hall–Kier alpha value is -0.870. The van der Waals surface area contributed by atoms with Crippen molar-refractivity contribution in [3.63, 3.8) is 0 Å². The summed E-state index contributed by atoms with van der Waals surface area (Å²) in [6, 6.07) is 3.32. The van der Waals surface area contributed by atoms with Gasteiger partial charge in [0.05, 0.1) is 11.7 Å². The molecule has 0 radical (unpaired) electrons. The van der Waals surface area contributed by atoms with Crippen LogP contribution in [0.5, 0.6) is 0 Å². The SMILES string of the molecule is CCCn1nccc1C1C(CNC)CCN1C(C)C. The van der Waals surface area contributed by atoms with E-state index in [1.165, 1.54) is 18.7 Å². The summed E-state index contributed by atoms with van der Waals surface area (Å²) in [4.78, 5) is 2.63. The third-order valence-electron chi connectivity index (χ3n) is 4.18. The number of hydrogen-bond acceptors (Lipinski definition) is 3. The lowest BCUT2D eigenvalue weighted by Crippen LogP contribution is -2.35. The van der Waals surface area contributed by atoms with E-state index in [0.29, 0.717) is 18.0 Å². The van der Waals surface area contributed by atoms with Crippen LogP contribution in [-0.2, 0) is 6.54 Å². The van der Waals surface area contributed by atoms with E-state index in [9.17, 15) is 0 Å². The molecule has 2 rings (SSSR count). The van der Waals surface area contributed by atoms with Crippen LogP contribution in [0.1, 0.15) is 45.3 Å². The van der Waals surface area contributed by atoms with Crippen molar-refractivity contribution in [2.75, 3.05) is 20.1 Å². The molecule has 0 aromatic carbocycles. The average Bonchev–Trinajstić information content (AvgIpc) is 2.96. The largest absolute Gasteiger partial charge is 0.319 e.